The summed E-state index contributed by atoms with van der Waals surface area (Å²) in [6.45, 7) is 5.79. The molecule has 0 aliphatic rings. The van der Waals surface area contributed by atoms with Crippen molar-refractivity contribution in [2.24, 2.45) is 5.73 Å². The van der Waals surface area contributed by atoms with Gasteiger partial charge in [0.15, 0.2) is 0 Å². The predicted molar refractivity (Wildman–Crippen MR) is 91.6 cm³/mol. The number of primary amides is 1. The second-order valence-corrected chi connectivity index (χ2v) is 6.56. The van der Waals surface area contributed by atoms with Crippen LogP contribution in [0.1, 0.15) is 31.1 Å². The number of aromatic nitrogens is 2. The summed E-state index contributed by atoms with van der Waals surface area (Å²) in [6.07, 6.45) is 0. The van der Waals surface area contributed by atoms with E-state index in [4.69, 9.17) is 15.9 Å². The normalized spacial score (nSPS) is 11.8. The lowest BCUT2D eigenvalue weighted by Crippen LogP contribution is -2.25. The number of carbonyl (C=O) groups excluding carboxylic acids is 1. The Labute approximate surface area is 137 Å². The third-order valence-electron chi connectivity index (χ3n) is 3.70. The van der Waals surface area contributed by atoms with Crippen LogP contribution in [0.4, 0.5) is 5.82 Å². The molecular formula is C17H18N4O3. The molecule has 1 amide bonds. The lowest BCUT2D eigenvalue weighted by atomic mass is 10.0. The topological polar surface area (TPSA) is 117 Å². The first-order valence-electron chi connectivity index (χ1n) is 7.41. The molecule has 7 nitrogen and oxygen atoms in total. The van der Waals surface area contributed by atoms with Gasteiger partial charge < -0.3 is 15.9 Å². The molecule has 1 aromatic carbocycles. The molecule has 3 aromatic rings. The van der Waals surface area contributed by atoms with Gasteiger partial charge in [-0.05, 0) is 45.0 Å². The smallest absolute Gasteiger partial charge is 0.336 e. The Bertz CT molecular complexity index is 1010. The van der Waals surface area contributed by atoms with E-state index in [0.29, 0.717) is 22.2 Å². The van der Waals surface area contributed by atoms with E-state index in [9.17, 15) is 9.59 Å². The molecule has 2 aromatic heterocycles. The molecule has 0 aliphatic heterocycles. The van der Waals surface area contributed by atoms with Gasteiger partial charge >= 0.3 is 5.63 Å². The van der Waals surface area contributed by atoms with Crippen molar-refractivity contribution < 1.29 is 9.21 Å². The maximum Gasteiger partial charge on any atom is 0.336 e. The number of amides is 1. The number of nitrogen functional groups attached to an aromatic ring is 1. The van der Waals surface area contributed by atoms with Crippen molar-refractivity contribution in [2.45, 2.75) is 26.3 Å². The molecule has 0 aliphatic carbocycles. The summed E-state index contributed by atoms with van der Waals surface area (Å²) in [5.41, 5.74) is 12.5. The minimum Gasteiger partial charge on any atom is -0.423 e. The van der Waals surface area contributed by atoms with Gasteiger partial charge in [0.05, 0.1) is 5.54 Å². The maximum absolute atomic E-state index is 11.9. The van der Waals surface area contributed by atoms with E-state index in [0.717, 1.165) is 0 Å². The zero-order valence-corrected chi connectivity index (χ0v) is 13.7. The lowest BCUT2D eigenvalue weighted by Gasteiger charge is -2.20. The van der Waals surface area contributed by atoms with Gasteiger partial charge in [-0.2, -0.15) is 5.10 Å². The van der Waals surface area contributed by atoms with Crippen LogP contribution in [-0.4, -0.2) is 15.7 Å². The first kappa shape index (κ1) is 15.8. The average molecular weight is 326 g/mol. The van der Waals surface area contributed by atoms with Gasteiger partial charge in [-0.3, -0.25) is 4.79 Å². The minimum atomic E-state index is -0.641. The number of rotatable bonds is 2. The van der Waals surface area contributed by atoms with Crippen molar-refractivity contribution in [3.8, 4) is 11.3 Å². The third kappa shape index (κ3) is 2.54. The van der Waals surface area contributed by atoms with E-state index in [1.54, 1.807) is 28.9 Å². The highest BCUT2D eigenvalue weighted by Crippen LogP contribution is 2.32. The molecule has 3 rings (SSSR count). The van der Waals surface area contributed by atoms with Crippen LogP contribution < -0.4 is 17.1 Å². The van der Waals surface area contributed by atoms with E-state index < -0.39 is 17.1 Å². The monoisotopic (exact) mass is 326 g/mol. The zero-order valence-electron chi connectivity index (χ0n) is 13.7. The van der Waals surface area contributed by atoms with E-state index >= 15 is 0 Å². The number of nitrogens with two attached hydrogens (primary N) is 2. The summed E-state index contributed by atoms with van der Waals surface area (Å²) in [7, 11) is 0. The average Bonchev–Trinajstić information content (AvgIpc) is 2.84. The summed E-state index contributed by atoms with van der Waals surface area (Å²) in [6, 6.07) is 8.14. The lowest BCUT2D eigenvalue weighted by molar-refractivity contribution is 0.100. The van der Waals surface area contributed by atoms with Crippen molar-refractivity contribution in [1.82, 2.24) is 9.78 Å². The number of nitrogens with zero attached hydrogens (tertiary/aromatic N) is 2. The van der Waals surface area contributed by atoms with Crippen LogP contribution in [0.2, 0.25) is 0 Å². The van der Waals surface area contributed by atoms with Gasteiger partial charge in [-0.15, -0.1) is 0 Å². The van der Waals surface area contributed by atoms with Crippen LogP contribution in [0.25, 0.3) is 22.2 Å². The van der Waals surface area contributed by atoms with Crippen molar-refractivity contribution >= 4 is 22.7 Å². The van der Waals surface area contributed by atoms with Crippen LogP contribution in [0.15, 0.2) is 39.5 Å². The SMILES string of the molecule is CC(C)(C)n1nc(-c2ccc3oc(=O)ccc3c2)c(C(N)=O)c1N. The molecule has 0 saturated heterocycles. The molecule has 124 valence electrons. The van der Waals surface area contributed by atoms with Crippen molar-refractivity contribution in [1.29, 1.82) is 0 Å². The van der Waals surface area contributed by atoms with Gasteiger partial charge in [-0.1, -0.05) is 0 Å². The standard InChI is InChI=1S/C17H18N4O3/c1-17(2,3)21-15(18)13(16(19)23)14(20-21)10-4-6-11-9(8-10)5-7-12(22)24-11/h4-8H,18H2,1-3H3,(H2,19,23). The summed E-state index contributed by atoms with van der Waals surface area (Å²) >= 11 is 0. The van der Waals surface area contributed by atoms with Gasteiger partial charge in [0, 0.05) is 17.0 Å². The fourth-order valence-electron chi connectivity index (χ4n) is 2.61. The first-order chi connectivity index (χ1) is 11.2. The van der Waals surface area contributed by atoms with Gasteiger partial charge in [0.25, 0.3) is 5.91 Å². The first-order valence-corrected chi connectivity index (χ1v) is 7.41. The molecule has 0 radical (unpaired) electrons. The largest absolute Gasteiger partial charge is 0.423 e. The molecule has 7 heteroatoms. The molecule has 4 N–H and O–H groups in total. The van der Waals surface area contributed by atoms with Crippen LogP contribution in [-0.2, 0) is 5.54 Å². The number of carbonyl (C=O) groups is 1. The summed E-state index contributed by atoms with van der Waals surface area (Å²) in [5.74, 6) is -0.414. The minimum absolute atomic E-state index is 0.182. The molecule has 0 fully saturated rings. The fourth-order valence-corrected chi connectivity index (χ4v) is 2.61. The molecule has 0 bridgehead atoms. The molecule has 24 heavy (non-hydrogen) atoms. The van der Waals surface area contributed by atoms with Crippen molar-refractivity contribution in [3.05, 3.63) is 46.3 Å². The van der Waals surface area contributed by atoms with Crippen LogP contribution in [0.3, 0.4) is 0 Å². The zero-order chi connectivity index (χ0) is 17.6. The molecule has 0 saturated carbocycles. The Kier molecular flexibility index (Phi) is 3.44. The van der Waals surface area contributed by atoms with Gasteiger partial charge in [-0.25, -0.2) is 9.48 Å². The number of fused-ring (bicyclic) bond motifs is 1. The Morgan fingerprint density at radius 3 is 2.54 bits per heavy atom. The number of hydrogen-bond donors (Lipinski definition) is 2. The van der Waals surface area contributed by atoms with Crippen LogP contribution in [0, 0.1) is 0 Å². The van der Waals surface area contributed by atoms with Gasteiger partial charge in [0.2, 0.25) is 0 Å². The molecule has 0 spiro atoms. The Morgan fingerprint density at radius 2 is 1.92 bits per heavy atom. The number of benzene rings is 1. The highest BCUT2D eigenvalue weighted by atomic mass is 16.4. The summed E-state index contributed by atoms with van der Waals surface area (Å²) < 4.78 is 6.70. The van der Waals surface area contributed by atoms with Crippen molar-refractivity contribution in [2.75, 3.05) is 5.73 Å². The molecule has 0 atom stereocenters. The second kappa shape index (κ2) is 5.23. The number of hydrogen-bond acceptors (Lipinski definition) is 5. The quantitative estimate of drug-likeness (QED) is 0.699. The number of anilines is 1. The molecule has 2 heterocycles. The van der Waals surface area contributed by atoms with Crippen LogP contribution in [0.5, 0.6) is 0 Å². The Hall–Kier alpha value is -3.09. The highest BCUT2D eigenvalue weighted by Gasteiger charge is 2.26. The van der Waals surface area contributed by atoms with E-state index in [2.05, 4.69) is 5.10 Å². The highest BCUT2D eigenvalue weighted by molar-refractivity contribution is 6.03. The van der Waals surface area contributed by atoms with Gasteiger partial charge in [0.1, 0.15) is 22.7 Å². The van der Waals surface area contributed by atoms with Crippen LogP contribution >= 0.6 is 0 Å². The summed E-state index contributed by atoms with van der Waals surface area (Å²) in [5, 5.41) is 5.21. The summed E-state index contributed by atoms with van der Waals surface area (Å²) in [4.78, 5) is 23.2. The molecule has 0 unspecified atom stereocenters. The third-order valence-corrected chi connectivity index (χ3v) is 3.70. The fraction of sp³-hybridized carbons (Fsp3) is 0.235. The van der Waals surface area contributed by atoms with E-state index in [1.165, 1.54) is 6.07 Å². The Balaban J connectivity index is 2.27. The van der Waals surface area contributed by atoms with Crippen molar-refractivity contribution in [3.63, 3.8) is 0 Å². The van der Waals surface area contributed by atoms with E-state index in [1.807, 2.05) is 20.8 Å². The second-order valence-electron chi connectivity index (χ2n) is 6.56. The Morgan fingerprint density at radius 1 is 1.21 bits per heavy atom. The maximum atomic E-state index is 11.9. The van der Waals surface area contributed by atoms with E-state index in [-0.39, 0.29) is 11.4 Å². The predicted octanol–water partition coefficient (Wildman–Crippen LogP) is 2.09. The molecular weight excluding hydrogens is 308 g/mol.